The van der Waals surface area contributed by atoms with Crippen molar-refractivity contribution in [2.24, 2.45) is 11.8 Å². The van der Waals surface area contributed by atoms with E-state index in [1.54, 1.807) is 0 Å². The van der Waals surface area contributed by atoms with E-state index in [4.69, 9.17) is 0 Å². The first-order chi connectivity index (χ1) is 8.05. The third-order valence-corrected chi connectivity index (χ3v) is 4.05. The highest BCUT2D eigenvalue weighted by Gasteiger charge is 2.43. The molecular formula is C12H21F3N2. The topological polar surface area (TPSA) is 15.3 Å². The fraction of sp³-hybridized carbons (Fsp3) is 1.00. The number of nitrogens with one attached hydrogen (secondary N) is 1. The van der Waals surface area contributed by atoms with Crippen molar-refractivity contribution in [3.8, 4) is 0 Å². The molecule has 0 aromatic rings. The Morgan fingerprint density at radius 3 is 2.41 bits per heavy atom. The molecule has 0 spiro atoms. The minimum absolute atomic E-state index is 0.217. The van der Waals surface area contributed by atoms with Crippen LogP contribution in [0.25, 0.3) is 0 Å². The summed E-state index contributed by atoms with van der Waals surface area (Å²) in [6.07, 6.45) is -0.293. The Kier molecular flexibility index (Phi) is 4.31. The molecule has 2 aliphatic rings. The molecule has 2 heterocycles. The van der Waals surface area contributed by atoms with Gasteiger partial charge in [-0.25, -0.2) is 0 Å². The van der Waals surface area contributed by atoms with Crippen molar-refractivity contribution < 1.29 is 13.2 Å². The average Bonchev–Trinajstić information content (AvgIpc) is 2.76. The van der Waals surface area contributed by atoms with Crippen LogP contribution in [0.1, 0.15) is 25.7 Å². The second-order valence-corrected chi connectivity index (χ2v) is 5.31. The van der Waals surface area contributed by atoms with Gasteiger partial charge in [-0.05, 0) is 57.8 Å². The maximum atomic E-state index is 12.5. The van der Waals surface area contributed by atoms with Gasteiger partial charge in [-0.2, -0.15) is 13.2 Å². The number of hydrogen-bond acceptors (Lipinski definition) is 2. The molecule has 1 N–H and O–H groups in total. The quantitative estimate of drug-likeness (QED) is 0.826. The minimum Gasteiger partial charge on any atom is -0.317 e. The van der Waals surface area contributed by atoms with Gasteiger partial charge in [-0.15, -0.1) is 0 Å². The summed E-state index contributed by atoms with van der Waals surface area (Å²) in [6.45, 7) is 3.81. The van der Waals surface area contributed by atoms with E-state index in [9.17, 15) is 13.2 Å². The van der Waals surface area contributed by atoms with E-state index < -0.39 is 12.1 Å². The summed E-state index contributed by atoms with van der Waals surface area (Å²) in [5.41, 5.74) is 0. The standard InChI is InChI=1S/C12H21F3N2/c13-12(14,15)11-4-8-17(9-11)7-3-10-1-5-16-6-2-10/h10-11,16H,1-9H2. The van der Waals surface area contributed by atoms with Crippen LogP contribution in [0, 0.1) is 11.8 Å². The Hall–Kier alpha value is -0.290. The number of piperidine rings is 1. The van der Waals surface area contributed by atoms with E-state index in [0.29, 0.717) is 12.5 Å². The summed E-state index contributed by atoms with van der Waals surface area (Å²) < 4.78 is 37.5. The van der Waals surface area contributed by atoms with Crippen molar-refractivity contribution in [1.29, 1.82) is 0 Å². The van der Waals surface area contributed by atoms with Crippen molar-refractivity contribution in [1.82, 2.24) is 10.2 Å². The predicted molar refractivity (Wildman–Crippen MR) is 60.8 cm³/mol. The van der Waals surface area contributed by atoms with E-state index in [1.165, 1.54) is 12.8 Å². The van der Waals surface area contributed by atoms with E-state index in [2.05, 4.69) is 5.32 Å². The van der Waals surface area contributed by atoms with Crippen molar-refractivity contribution in [3.63, 3.8) is 0 Å². The van der Waals surface area contributed by atoms with Gasteiger partial charge in [0.1, 0.15) is 0 Å². The largest absolute Gasteiger partial charge is 0.393 e. The summed E-state index contributed by atoms with van der Waals surface area (Å²) in [6, 6.07) is 0. The summed E-state index contributed by atoms with van der Waals surface area (Å²) in [4.78, 5) is 1.99. The van der Waals surface area contributed by atoms with Crippen LogP contribution in [0.3, 0.4) is 0 Å². The van der Waals surface area contributed by atoms with Gasteiger partial charge in [0.2, 0.25) is 0 Å². The monoisotopic (exact) mass is 250 g/mol. The van der Waals surface area contributed by atoms with Crippen LogP contribution in [0.4, 0.5) is 13.2 Å². The Bertz CT molecular complexity index is 236. The minimum atomic E-state index is -4.00. The highest BCUT2D eigenvalue weighted by atomic mass is 19.4. The van der Waals surface area contributed by atoms with Crippen LogP contribution in [0.5, 0.6) is 0 Å². The molecule has 2 fully saturated rings. The van der Waals surface area contributed by atoms with Crippen LogP contribution in [-0.2, 0) is 0 Å². The molecule has 0 saturated carbocycles. The number of likely N-dealkylation sites (tertiary alicyclic amines) is 1. The summed E-state index contributed by atoms with van der Waals surface area (Å²) in [5.74, 6) is -0.378. The molecule has 2 saturated heterocycles. The molecule has 0 aromatic heterocycles. The Morgan fingerprint density at radius 1 is 1.12 bits per heavy atom. The first-order valence-electron chi connectivity index (χ1n) is 6.55. The smallest absolute Gasteiger partial charge is 0.317 e. The summed E-state index contributed by atoms with van der Waals surface area (Å²) >= 11 is 0. The van der Waals surface area contributed by atoms with Crippen molar-refractivity contribution in [2.75, 3.05) is 32.7 Å². The molecule has 100 valence electrons. The molecule has 1 atom stereocenters. The molecule has 0 bridgehead atoms. The molecule has 0 aliphatic carbocycles. The van der Waals surface area contributed by atoms with Crippen LogP contribution in [0.2, 0.25) is 0 Å². The Labute approximate surface area is 101 Å². The molecule has 0 amide bonds. The van der Waals surface area contributed by atoms with E-state index in [1.807, 2.05) is 4.90 Å². The van der Waals surface area contributed by atoms with Crippen LogP contribution >= 0.6 is 0 Å². The first-order valence-corrected chi connectivity index (χ1v) is 6.55. The van der Waals surface area contributed by atoms with Crippen LogP contribution in [0.15, 0.2) is 0 Å². The van der Waals surface area contributed by atoms with Crippen molar-refractivity contribution in [3.05, 3.63) is 0 Å². The lowest BCUT2D eigenvalue weighted by molar-refractivity contribution is -0.170. The zero-order chi connectivity index (χ0) is 12.3. The van der Waals surface area contributed by atoms with Crippen LogP contribution < -0.4 is 5.32 Å². The van der Waals surface area contributed by atoms with E-state index in [0.717, 1.165) is 26.1 Å². The fourth-order valence-electron chi connectivity index (χ4n) is 2.84. The zero-order valence-corrected chi connectivity index (χ0v) is 10.1. The molecule has 17 heavy (non-hydrogen) atoms. The lowest BCUT2D eigenvalue weighted by Crippen LogP contribution is -2.32. The average molecular weight is 250 g/mol. The van der Waals surface area contributed by atoms with Gasteiger partial charge >= 0.3 is 6.18 Å². The van der Waals surface area contributed by atoms with Crippen molar-refractivity contribution >= 4 is 0 Å². The third-order valence-electron chi connectivity index (χ3n) is 4.05. The molecular weight excluding hydrogens is 229 g/mol. The molecule has 0 aromatic carbocycles. The summed E-state index contributed by atoms with van der Waals surface area (Å²) in [5, 5.41) is 3.31. The second kappa shape index (κ2) is 5.57. The summed E-state index contributed by atoms with van der Waals surface area (Å²) in [7, 11) is 0. The predicted octanol–water partition coefficient (Wildman–Crippen LogP) is 2.26. The molecule has 2 aliphatic heterocycles. The van der Waals surface area contributed by atoms with Gasteiger partial charge in [0.15, 0.2) is 0 Å². The molecule has 5 heteroatoms. The van der Waals surface area contributed by atoms with Gasteiger partial charge in [0, 0.05) is 6.54 Å². The van der Waals surface area contributed by atoms with E-state index >= 15 is 0 Å². The second-order valence-electron chi connectivity index (χ2n) is 5.31. The lowest BCUT2D eigenvalue weighted by Gasteiger charge is -2.25. The van der Waals surface area contributed by atoms with Gasteiger partial charge in [-0.3, -0.25) is 0 Å². The van der Waals surface area contributed by atoms with Gasteiger partial charge in [-0.1, -0.05) is 0 Å². The SMILES string of the molecule is FC(F)(F)C1CCN(CCC2CCNCC2)C1. The maximum absolute atomic E-state index is 12.5. The number of rotatable bonds is 3. The molecule has 2 nitrogen and oxygen atoms in total. The van der Waals surface area contributed by atoms with Gasteiger partial charge in [0.05, 0.1) is 5.92 Å². The lowest BCUT2D eigenvalue weighted by atomic mass is 9.94. The Balaban J connectivity index is 1.67. The van der Waals surface area contributed by atoms with Crippen molar-refractivity contribution in [2.45, 2.75) is 31.9 Å². The molecule has 1 unspecified atom stereocenters. The first kappa shape index (κ1) is 13.1. The Morgan fingerprint density at radius 2 is 1.82 bits per heavy atom. The fourth-order valence-corrected chi connectivity index (χ4v) is 2.84. The maximum Gasteiger partial charge on any atom is 0.393 e. The van der Waals surface area contributed by atoms with Gasteiger partial charge < -0.3 is 10.2 Å². The van der Waals surface area contributed by atoms with Gasteiger partial charge in [0.25, 0.3) is 0 Å². The highest BCUT2D eigenvalue weighted by molar-refractivity contribution is 4.81. The normalized spacial score (nSPS) is 28.8. The third kappa shape index (κ3) is 3.85. The number of hydrogen-bond donors (Lipinski definition) is 1. The zero-order valence-electron chi connectivity index (χ0n) is 10.1. The van der Waals surface area contributed by atoms with E-state index in [-0.39, 0.29) is 13.0 Å². The molecule has 2 rings (SSSR count). The molecule has 0 radical (unpaired) electrons. The number of nitrogens with zero attached hydrogens (tertiary/aromatic N) is 1. The van der Waals surface area contributed by atoms with Crippen LogP contribution in [-0.4, -0.2) is 43.8 Å². The number of halogens is 3. The number of alkyl halides is 3. The highest BCUT2D eigenvalue weighted by Crippen LogP contribution is 2.33.